The average molecular weight is 226 g/mol. The number of carbonyl (C=O) groups excluding carboxylic acids is 1. The first-order valence-electron chi connectivity index (χ1n) is 6.55. The predicted octanol–water partition coefficient (Wildman–Crippen LogP) is 2.05. The highest BCUT2D eigenvalue weighted by Crippen LogP contribution is 2.27. The quantitative estimate of drug-likeness (QED) is 0.653. The van der Waals surface area contributed by atoms with Gasteiger partial charge in [-0.05, 0) is 12.3 Å². The van der Waals surface area contributed by atoms with E-state index < -0.39 is 0 Å². The summed E-state index contributed by atoms with van der Waals surface area (Å²) in [6.45, 7) is 0.565. The Labute approximate surface area is 98.6 Å². The summed E-state index contributed by atoms with van der Waals surface area (Å²) in [7, 11) is 0. The molecular weight excluding hydrogens is 202 g/mol. The molecule has 1 aliphatic rings. The molecule has 0 atom stereocenters. The first kappa shape index (κ1) is 13.5. The third kappa shape index (κ3) is 6.11. The van der Waals surface area contributed by atoms with Crippen LogP contribution < -0.4 is 5.32 Å². The van der Waals surface area contributed by atoms with Gasteiger partial charge >= 0.3 is 0 Å². The van der Waals surface area contributed by atoms with E-state index in [9.17, 15) is 4.79 Å². The van der Waals surface area contributed by atoms with Gasteiger partial charge in [0.25, 0.3) is 0 Å². The van der Waals surface area contributed by atoms with Crippen molar-refractivity contribution in [2.45, 2.75) is 51.4 Å². The lowest BCUT2D eigenvalue weighted by atomic mass is 9.86. The smallest absolute Gasteiger partial charge is 0.226 e. The molecule has 1 radical (unpaired) electrons. The van der Waals surface area contributed by atoms with Gasteiger partial charge in [0, 0.05) is 6.54 Å². The molecule has 0 heterocycles. The minimum absolute atomic E-state index is 0.153. The van der Waals surface area contributed by atoms with E-state index in [-0.39, 0.29) is 12.5 Å². The van der Waals surface area contributed by atoms with Crippen LogP contribution in [0, 0.1) is 12.3 Å². The third-order valence-electron chi connectivity index (χ3n) is 3.34. The van der Waals surface area contributed by atoms with Gasteiger partial charge in [0.15, 0.2) is 0 Å². The van der Waals surface area contributed by atoms with Crippen molar-refractivity contribution >= 4 is 5.91 Å². The molecule has 0 aliphatic heterocycles. The number of hydrogen-bond acceptors (Lipinski definition) is 2. The van der Waals surface area contributed by atoms with E-state index in [0.29, 0.717) is 0 Å². The predicted molar refractivity (Wildman–Crippen MR) is 64.8 cm³/mol. The molecule has 0 aromatic carbocycles. The Morgan fingerprint density at radius 2 is 2.00 bits per heavy atom. The van der Waals surface area contributed by atoms with Crippen molar-refractivity contribution in [2.24, 2.45) is 5.92 Å². The molecule has 0 unspecified atom stereocenters. The van der Waals surface area contributed by atoms with Crippen LogP contribution >= 0.6 is 0 Å². The lowest BCUT2D eigenvalue weighted by Crippen LogP contribution is -2.25. The van der Waals surface area contributed by atoms with Crippen molar-refractivity contribution in [3.05, 3.63) is 6.42 Å². The molecule has 0 aromatic rings. The second-order valence-corrected chi connectivity index (χ2v) is 4.68. The molecule has 0 spiro atoms. The maximum atomic E-state index is 11.0. The summed E-state index contributed by atoms with van der Waals surface area (Å²) in [5.41, 5.74) is 0. The molecule has 1 saturated carbocycles. The van der Waals surface area contributed by atoms with E-state index in [1.807, 2.05) is 0 Å². The monoisotopic (exact) mass is 226 g/mol. The van der Waals surface area contributed by atoms with Crippen molar-refractivity contribution < 1.29 is 9.90 Å². The number of rotatable bonds is 7. The normalized spacial score (nSPS) is 17.3. The number of aliphatic hydroxyl groups is 1. The minimum atomic E-state index is -0.173. The molecule has 2 N–H and O–H groups in total. The largest absolute Gasteiger partial charge is 0.396 e. The molecule has 0 bridgehead atoms. The maximum absolute atomic E-state index is 11.0. The van der Waals surface area contributed by atoms with Crippen LogP contribution in [-0.4, -0.2) is 24.2 Å². The molecular formula is C13H24NO2. The van der Waals surface area contributed by atoms with Gasteiger partial charge in [-0.3, -0.25) is 4.79 Å². The fourth-order valence-corrected chi connectivity index (χ4v) is 2.40. The van der Waals surface area contributed by atoms with Crippen molar-refractivity contribution in [1.29, 1.82) is 0 Å². The lowest BCUT2D eigenvalue weighted by molar-refractivity contribution is -0.118. The van der Waals surface area contributed by atoms with Crippen molar-refractivity contribution in [3.63, 3.8) is 0 Å². The highest BCUT2D eigenvalue weighted by molar-refractivity contribution is 5.84. The molecule has 93 valence electrons. The Morgan fingerprint density at radius 1 is 1.25 bits per heavy atom. The highest BCUT2D eigenvalue weighted by atomic mass is 16.3. The van der Waals surface area contributed by atoms with Gasteiger partial charge in [-0.1, -0.05) is 44.9 Å². The molecule has 0 saturated heterocycles. The Kier molecular flexibility index (Phi) is 7.23. The van der Waals surface area contributed by atoms with Crippen LogP contribution in [0.1, 0.15) is 51.4 Å². The Balaban J connectivity index is 1.89. The van der Waals surface area contributed by atoms with Crippen LogP contribution in [0.2, 0.25) is 0 Å². The van der Waals surface area contributed by atoms with Gasteiger partial charge in [0.05, 0.1) is 13.0 Å². The molecule has 1 fully saturated rings. The molecule has 0 aromatic heterocycles. The minimum Gasteiger partial charge on any atom is -0.396 e. The molecule has 16 heavy (non-hydrogen) atoms. The zero-order valence-electron chi connectivity index (χ0n) is 10.1. The van der Waals surface area contributed by atoms with E-state index >= 15 is 0 Å². The molecule has 3 nitrogen and oxygen atoms in total. The fourth-order valence-electron chi connectivity index (χ4n) is 2.40. The second kappa shape index (κ2) is 8.57. The molecule has 1 aliphatic carbocycles. The van der Waals surface area contributed by atoms with Gasteiger partial charge < -0.3 is 10.4 Å². The third-order valence-corrected chi connectivity index (χ3v) is 3.34. The number of unbranched alkanes of at least 4 members (excludes halogenated alkanes) is 1. The van der Waals surface area contributed by atoms with Crippen molar-refractivity contribution in [1.82, 2.24) is 5.32 Å². The number of nitrogens with one attached hydrogen (secondary N) is 1. The summed E-state index contributed by atoms with van der Waals surface area (Å²) in [4.78, 5) is 11.0. The second-order valence-electron chi connectivity index (χ2n) is 4.68. The van der Waals surface area contributed by atoms with E-state index in [2.05, 4.69) is 5.32 Å². The summed E-state index contributed by atoms with van der Waals surface area (Å²) in [5, 5.41) is 11.3. The summed E-state index contributed by atoms with van der Waals surface area (Å²) in [6, 6.07) is 0. The van der Waals surface area contributed by atoms with Crippen molar-refractivity contribution in [2.75, 3.05) is 13.2 Å². The highest BCUT2D eigenvalue weighted by Gasteiger charge is 2.12. The number of amides is 1. The van der Waals surface area contributed by atoms with Gasteiger partial charge in [-0.2, -0.15) is 0 Å². The van der Waals surface area contributed by atoms with E-state index in [1.54, 1.807) is 0 Å². The van der Waals surface area contributed by atoms with Crippen LogP contribution in [0.3, 0.4) is 0 Å². The van der Waals surface area contributed by atoms with E-state index in [4.69, 9.17) is 5.11 Å². The first-order chi connectivity index (χ1) is 7.83. The zero-order chi connectivity index (χ0) is 11.6. The van der Waals surface area contributed by atoms with E-state index in [0.717, 1.165) is 18.9 Å². The van der Waals surface area contributed by atoms with Gasteiger partial charge in [-0.15, -0.1) is 0 Å². The summed E-state index contributed by atoms with van der Waals surface area (Å²) < 4.78 is 0. The number of aliphatic hydroxyl groups excluding tert-OH is 1. The average Bonchev–Trinajstić information content (AvgIpc) is 2.30. The maximum Gasteiger partial charge on any atom is 0.226 e. The Hall–Kier alpha value is -0.570. The van der Waals surface area contributed by atoms with Crippen LogP contribution in [0.25, 0.3) is 0 Å². The van der Waals surface area contributed by atoms with Crippen LogP contribution in [0.4, 0.5) is 0 Å². The molecule has 1 amide bonds. The van der Waals surface area contributed by atoms with Gasteiger partial charge in [0.1, 0.15) is 0 Å². The number of hydrogen-bond donors (Lipinski definition) is 2. The van der Waals surface area contributed by atoms with Crippen LogP contribution in [0.15, 0.2) is 0 Å². The summed E-state index contributed by atoms with van der Waals surface area (Å²) in [6.07, 6.45) is 11.9. The fraction of sp³-hybridized carbons (Fsp3) is 0.846. The van der Waals surface area contributed by atoms with Crippen LogP contribution in [-0.2, 0) is 4.79 Å². The van der Waals surface area contributed by atoms with Crippen LogP contribution in [0.5, 0.6) is 0 Å². The topological polar surface area (TPSA) is 49.3 Å². The summed E-state index contributed by atoms with van der Waals surface area (Å²) in [5.74, 6) is 0.786. The molecule has 3 heteroatoms. The first-order valence-corrected chi connectivity index (χ1v) is 6.55. The van der Waals surface area contributed by atoms with Gasteiger partial charge in [-0.25, -0.2) is 0 Å². The van der Waals surface area contributed by atoms with Gasteiger partial charge in [0.2, 0.25) is 5.91 Å². The Morgan fingerprint density at radius 3 is 2.69 bits per heavy atom. The standard InChI is InChI=1S/C13H24NO2/c15-11-9-13(16)14-10-5-4-8-12-6-2-1-3-7-12/h9,12,15H,1-8,10-11H2,(H,14,16). The SMILES string of the molecule is O=C([CH]CO)NCCCCC1CCCCC1. The zero-order valence-corrected chi connectivity index (χ0v) is 10.1. The number of carbonyl (C=O) groups is 1. The Bertz CT molecular complexity index is 188. The van der Waals surface area contributed by atoms with E-state index in [1.165, 1.54) is 51.4 Å². The lowest BCUT2D eigenvalue weighted by Gasteiger charge is -2.21. The van der Waals surface area contributed by atoms with Crippen molar-refractivity contribution in [3.8, 4) is 0 Å². The molecule has 1 rings (SSSR count). The summed E-state index contributed by atoms with van der Waals surface area (Å²) >= 11 is 0.